The standard InChI is InChI=1S/C19H20N4O5S/c1-22(2)29(26,27)13-8-9-17(28-3)16(10-13)21-18(24)11-23-12-20-15-7-5-4-6-14(15)19(23)25/h4-10,12H,11H2,1-3H3,(H,21,24). The fourth-order valence-corrected chi connectivity index (χ4v) is 3.65. The summed E-state index contributed by atoms with van der Waals surface area (Å²) < 4.78 is 32.2. The maximum absolute atomic E-state index is 12.5. The number of rotatable bonds is 6. The van der Waals surface area contributed by atoms with E-state index in [1.165, 1.54) is 50.3 Å². The van der Waals surface area contributed by atoms with Gasteiger partial charge in [-0.2, -0.15) is 0 Å². The van der Waals surface area contributed by atoms with Crippen LogP contribution in [0.3, 0.4) is 0 Å². The molecule has 0 saturated heterocycles. The molecule has 10 heteroatoms. The zero-order valence-corrected chi connectivity index (χ0v) is 16.9. The Labute approximate surface area is 167 Å². The maximum atomic E-state index is 12.5. The average Bonchev–Trinajstić information content (AvgIpc) is 2.70. The number of fused-ring (bicyclic) bond motifs is 1. The average molecular weight is 416 g/mol. The highest BCUT2D eigenvalue weighted by molar-refractivity contribution is 7.89. The van der Waals surface area contributed by atoms with Gasteiger partial charge in [-0.3, -0.25) is 14.2 Å². The second-order valence-corrected chi connectivity index (χ2v) is 8.54. The van der Waals surface area contributed by atoms with E-state index in [2.05, 4.69) is 10.3 Å². The van der Waals surface area contributed by atoms with Crippen LogP contribution in [0.2, 0.25) is 0 Å². The predicted molar refractivity (Wildman–Crippen MR) is 108 cm³/mol. The first-order valence-electron chi connectivity index (χ1n) is 8.58. The van der Waals surface area contributed by atoms with Crippen molar-refractivity contribution < 1.29 is 17.9 Å². The van der Waals surface area contributed by atoms with Gasteiger partial charge >= 0.3 is 0 Å². The lowest BCUT2D eigenvalue weighted by Gasteiger charge is -2.15. The number of hydrogen-bond donors (Lipinski definition) is 1. The van der Waals surface area contributed by atoms with Crippen molar-refractivity contribution in [1.82, 2.24) is 13.9 Å². The Balaban J connectivity index is 1.89. The van der Waals surface area contributed by atoms with Crippen molar-refractivity contribution >= 4 is 32.5 Å². The number of amides is 1. The third kappa shape index (κ3) is 4.13. The number of sulfonamides is 1. The van der Waals surface area contributed by atoms with Crippen LogP contribution in [0.25, 0.3) is 10.9 Å². The summed E-state index contributed by atoms with van der Waals surface area (Å²) in [5, 5.41) is 3.00. The highest BCUT2D eigenvalue weighted by Crippen LogP contribution is 2.28. The molecular weight excluding hydrogens is 396 g/mol. The molecule has 0 radical (unpaired) electrons. The molecule has 0 fully saturated rings. The van der Waals surface area contributed by atoms with Gasteiger partial charge in [0.05, 0.1) is 34.9 Å². The molecule has 0 spiro atoms. The van der Waals surface area contributed by atoms with E-state index in [4.69, 9.17) is 4.74 Å². The molecular formula is C19H20N4O5S. The van der Waals surface area contributed by atoms with Gasteiger partial charge in [-0.1, -0.05) is 12.1 Å². The zero-order chi connectivity index (χ0) is 21.2. The molecule has 0 aliphatic rings. The molecule has 0 saturated carbocycles. The normalized spacial score (nSPS) is 11.6. The Hall–Kier alpha value is -3.24. The summed E-state index contributed by atoms with van der Waals surface area (Å²) in [4.78, 5) is 29.2. The fraction of sp³-hybridized carbons (Fsp3) is 0.211. The molecule has 0 aliphatic carbocycles. The van der Waals surface area contributed by atoms with Crippen LogP contribution in [0, 0.1) is 0 Å². The van der Waals surface area contributed by atoms with Gasteiger partial charge in [0.15, 0.2) is 0 Å². The molecule has 1 heterocycles. The topological polar surface area (TPSA) is 111 Å². The molecule has 1 amide bonds. The van der Waals surface area contributed by atoms with E-state index in [0.29, 0.717) is 16.7 Å². The number of para-hydroxylation sites is 1. The monoisotopic (exact) mass is 416 g/mol. The Kier molecular flexibility index (Phi) is 5.66. The van der Waals surface area contributed by atoms with Crippen LogP contribution >= 0.6 is 0 Å². The smallest absolute Gasteiger partial charge is 0.261 e. The lowest BCUT2D eigenvalue weighted by Crippen LogP contribution is -2.28. The molecule has 3 rings (SSSR count). The first-order valence-corrected chi connectivity index (χ1v) is 10.0. The number of carbonyl (C=O) groups is 1. The second kappa shape index (κ2) is 8.02. The number of methoxy groups -OCH3 is 1. The van der Waals surface area contributed by atoms with Gasteiger partial charge < -0.3 is 10.1 Å². The van der Waals surface area contributed by atoms with Crippen molar-refractivity contribution in [3.63, 3.8) is 0 Å². The molecule has 152 valence electrons. The molecule has 0 bridgehead atoms. The molecule has 1 N–H and O–H groups in total. The van der Waals surface area contributed by atoms with Crippen LogP contribution in [0.5, 0.6) is 5.75 Å². The number of aromatic nitrogens is 2. The summed E-state index contributed by atoms with van der Waals surface area (Å²) in [6.07, 6.45) is 1.30. The minimum atomic E-state index is -3.69. The van der Waals surface area contributed by atoms with Crippen LogP contribution < -0.4 is 15.6 Å². The second-order valence-electron chi connectivity index (χ2n) is 6.39. The fourth-order valence-electron chi connectivity index (χ4n) is 2.72. The highest BCUT2D eigenvalue weighted by atomic mass is 32.2. The minimum absolute atomic E-state index is 0.00291. The van der Waals surface area contributed by atoms with Gasteiger partial charge in [0, 0.05) is 14.1 Å². The van der Waals surface area contributed by atoms with Crippen molar-refractivity contribution in [1.29, 1.82) is 0 Å². The van der Waals surface area contributed by atoms with Gasteiger partial charge in [0.2, 0.25) is 15.9 Å². The number of carbonyl (C=O) groups excluding carboxylic acids is 1. The SMILES string of the molecule is COc1ccc(S(=O)(=O)N(C)C)cc1NC(=O)Cn1cnc2ccccc2c1=O. The summed E-state index contributed by atoms with van der Waals surface area (Å²) in [7, 11) is 0.544. The zero-order valence-electron chi connectivity index (χ0n) is 16.1. The van der Waals surface area contributed by atoms with Crippen LogP contribution in [0.1, 0.15) is 0 Å². The largest absolute Gasteiger partial charge is 0.495 e. The Morgan fingerprint density at radius 2 is 1.93 bits per heavy atom. The van der Waals surface area contributed by atoms with Crippen molar-refractivity contribution in [3.05, 3.63) is 59.1 Å². The van der Waals surface area contributed by atoms with E-state index in [1.54, 1.807) is 24.3 Å². The van der Waals surface area contributed by atoms with E-state index in [-0.39, 0.29) is 22.7 Å². The molecule has 2 aromatic carbocycles. The predicted octanol–water partition coefficient (Wildman–Crippen LogP) is 1.29. The van der Waals surface area contributed by atoms with Gasteiger partial charge in [-0.25, -0.2) is 17.7 Å². The molecule has 0 unspecified atom stereocenters. The van der Waals surface area contributed by atoms with E-state index in [9.17, 15) is 18.0 Å². The Bertz CT molecular complexity index is 1230. The number of anilines is 1. The van der Waals surface area contributed by atoms with Crippen molar-refractivity contribution in [2.75, 3.05) is 26.5 Å². The number of nitrogens with one attached hydrogen (secondary N) is 1. The number of ether oxygens (including phenoxy) is 1. The van der Waals surface area contributed by atoms with Crippen LogP contribution in [-0.2, 0) is 21.4 Å². The minimum Gasteiger partial charge on any atom is -0.495 e. The molecule has 29 heavy (non-hydrogen) atoms. The van der Waals surface area contributed by atoms with E-state index in [1.807, 2.05) is 0 Å². The van der Waals surface area contributed by atoms with Crippen molar-refractivity contribution in [2.45, 2.75) is 11.4 Å². The summed E-state index contributed by atoms with van der Waals surface area (Å²) in [5.41, 5.74) is 0.376. The Morgan fingerprint density at radius 3 is 2.62 bits per heavy atom. The number of nitrogens with zero attached hydrogens (tertiary/aromatic N) is 3. The van der Waals surface area contributed by atoms with Crippen LogP contribution in [0.15, 0.2) is 58.5 Å². The molecule has 0 atom stereocenters. The van der Waals surface area contributed by atoms with Gasteiger partial charge in [-0.15, -0.1) is 0 Å². The van der Waals surface area contributed by atoms with Gasteiger partial charge in [0.25, 0.3) is 5.56 Å². The molecule has 9 nitrogen and oxygen atoms in total. The van der Waals surface area contributed by atoms with Crippen LogP contribution in [-0.4, -0.2) is 49.4 Å². The third-order valence-corrected chi connectivity index (χ3v) is 6.08. The van der Waals surface area contributed by atoms with Crippen molar-refractivity contribution in [2.24, 2.45) is 0 Å². The van der Waals surface area contributed by atoms with E-state index >= 15 is 0 Å². The summed E-state index contributed by atoms with van der Waals surface area (Å²) in [5.74, 6) is -0.234. The summed E-state index contributed by atoms with van der Waals surface area (Å²) in [6.45, 7) is -0.287. The van der Waals surface area contributed by atoms with Crippen LogP contribution in [0.4, 0.5) is 5.69 Å². The number of benzene rings is 2. The van der Waals surface area contributed by atoms with Gasteiger partial charge in [0.1, 0.15) is 12.3 Å². The lowest BCUT2D eigenvalue weighted by atomic mass is 10.2. The lowest BCUT2D eigenvalue weighted by molar-refractivity contribution is -0.116. The molecule has 3 aromatic rings. The molecule has 0 aliphatic heterocycles. The summed E-state index contributed by atoms with van der Waals surface area (Å²) in [6, 6.07) is 11.0. The quantitative estimate of drug-likeness (QED) is 0.648. The molecule has 1 aromatic heterocycles. The number of hydrogen-bond acceptors (Lipinski definition) is 6. The van der Waals surface area contributed by atoms with Crippen molar-refractivity contribution in [3.8, 4) is 5.75 Å². The Morgan fingerprint density at radius 1 is 1.21 bits per heavy atom. The maximum Gasteiger partial charge on any atom is 0.261 e. The van der Waals surface area contributed by atoms with Gasteiger partial charge in [-0.05, 0) is 30.3 Å². The first-order chi connectivity index (χ1) is 13.7. The van der Waals surface area contributed by atoms with E-state index < -0.39 is 15.9 Å². The highest BCUT2D eigenvalue weighted by Gasteiger charge is 2.20. The first kappa shape index (κ1) is 20.5. The van der Waals surface area contributed by atoms with E-state index in [0.717, 1.165) is 4.31 Å². The summed E-state index contributed by atoms with van der Waals surface area (Å²) >= 11 is 0. The third-order valence-electron chi connectivity index (χ3n) is 4.27.